The first-order valence-electron chi connectivity index (χ1n) is 10.7. The first-order chi connectivity index (χ1) is 12.8. The quantitative estimate of drug-likeness (QED) is 0.885. The van der Waals surface area contributed by atoms with Gasteiger partial charge in [0.05, 0.1) is 0 Å². The molecular weight excluding hydrogens is 324 g/mol. The van der Waals surface area contributed by atoms with Gasteiger partial charge in [-0.1, -0.05) is 0 Å². The van der Waals surface area contributed by atoms with Gasteiger partial charge < -0.3 is 14.8 Å². The molecule has 1 atom stereocenters. The predicted octanol–water partition coefficient (Wildman–Crippen LogP) is 4.12. The molecule has 1 aromatic carbocycles. The lowest BCUT2D eigenvalue weighted by Crippen LogP contribution is -2.59. The molecule has 4 nitrogen and oxygen atoms in total. The molecule has 4 bridgehead atoms. The highest BCUT2D eigenvalue weighted by Crippen LogP contribution is 2.55. The van der Waals surface area contributed by atoms with Crippen molar-refractivity contribution in [3.63, 3.8) is 0 Å². The standard InChI is InChI=1S/C22H30N2O2/c1-2-19(23-18-3-4-20-21(11-18)26-13-25-20)12-24(5-1)22-16-7-14-6-15(9-16)10-17(22)8-14/h3-4,11,14-17,19,22-23H,1-2,5-10,12-13H2. The van der Waals surface area contributed by atoms with Gasteiger partial charge in [-0.05, 0) is 87.3 Å². The topological polar surface area (TPSA) is 33.7 Å². The normalized spacial score (nSPS) is 40.8. The average molecular weight is 354 g/mol. The van der Waals surface area contributed by atoms with E-state index in [1.807, 2.05) is 6.07 Å². The van der Waals surface area contributed by atoms with Crippen molar-refractivity contribution in [2.24, 2.45) is 23.7 Å². The van der Waals surface area contributed by atoms with Crippen LogP contribution in [-0.4, -0.2) is 36.9 Å². The zero-order valence-corrected chi connectivity index (χ0v) is 15.5. The molecule has 4 saturated carbocycles. The average Bonchev–Trinajstić information content (AvgIpc) is 3.09. The van der Waals surface area contributed by atoms with Crippen LogP contribution in [0, 0.1) is 23.7 Å². The summed E-state index contributed by atoms with van der Waals surface area (Å²) in [5.41, 5.74) is 1.17. The number of nitrogens with zero attached hydrogens (tertiary/aromatic N) is 1. The number of likely N-dealkylation sites (tertiary alicyclic amines) is 1. The number of ether oxygens (including phenoxy) is 2. The molecule has 0 amide bonds. The number of piperidine rings is 1. The Morgan fingerprint density at radius 3 is 2.50 bits per heavy atom. The Morgan fingerprint density at radius 1 is 0.923 bits per heavy atom. The second kappa shape index (κ2) is 6.05. The van der Waals surface area contributed by atoms with Crippen LogP contribution in [0.15, 0.2) is 18.2 Å². The maximum absolute atomic E-state index is 5.54. The van der Waals surface area contributed by atoms with Gasteiger partial charge in [0.1, 0.15) is 0 Å². The first-order valence-corrected chi connectivity index (χ1v) is 10.7. The maximum atomic E-state index is 5.54. The largest absolute Gasteiger partial charge is 0.454 e. The van der Waals surface area contributed by atoms with E-state index in [-0.39, 0.29) is 0 Å². The van der Waals surface area contributed by atoms with Crippen LogP contribution < -0.4 is 14.8 Å². The van der Waals surface area contributed by atoms with Crippen LogP contribution in [0.4, 0.5) is 5.69 Å². The molecule has 140 valence electrons. The van der Waals surface area contributed by atoms with Crippen molar-refractivity contribution >= 4 is 5.69 Å². The summed E-state index contributed by atoms with van der Waals surface area (Å²) in [4.78, 5) is 2.88. The minimum atomic E-state index is 0.350. The third-order valence-electron chi connectivity index (χ3n) is 7.79. The molecule has 1 unspecified atom stereocenters. The Balaban J connectivity index is 1.15. The minimum Gasteiger partial charge on any atom is -0.454 e. The molecule has 26 heavy (non-hydrogen) atoms. The molecule has 6 aliphatic rings. The lowest BCUT2D eigenvalue weighted by atomic mass is 9.53. The SMILES string of the molecule is c1cc2c(cc1NC1CCCN(C3C4CC5CC(C4)CC3C5)C1)OCO2. The van der Waals surface area contributed by atoms with Crippen LogP contribution in [0.2, 0.25) is 0 Å². The number of nitrogens with one attached hydrogen (secondary N) is 1. The first kappa shape index (κ1) is 15.6. The van der Waals surface area contributed by atoms with Gasteiger partial charge in [0.15, 0.2) is 11.5 Å². The monoisotopic (exact) mass is 354 g/mol. The van der Waals surface area contributed by atoms with Crippen molar-refractivity contribution in [1.82, 2.24) is 4.90 Å². The summed E-state index contributed by atoms with van der Waals surface area (Å²) in [6.07, 6.45) is 10.2. The van der Waals surface area contributed by atoms with Gasteiger partial charge in [0, 0.05) is 30.4 Å². The van der Waals surface area contributed by atoms with Crippen LogP contribution in [0.3, 0.4) is 0 Å². The minimum absolute atomic E-state index is 0.350. The number of benzene rings is 1. The number of hydrogen-bond donors (Lipinski definition) is 1. The smallest absolute Gasteiger partial charge is 0.231 e. The van der Waals surface area contributed by atoms with Gasteiger partial charge >= 0.3 is 0 Å². The predicted molar refractivity (Wildman–Crippen MR) is 102 cm³/mol. The van der Waals surface area contributed by atoms with Crippen LogP contribution in [0.5, 0.6) is 11.5 Å². The third-order valence-corrected chi connectivity index (χ3v) is 7.79. The Labute approximate surface area is 156 Å². The summed E-state index contributed by atoms with van der Waals surface area (Å²) in [5, 5.41) is 3.79. The fourth-order valence-electron chi connectivity index (χ4n) is 7.11. The van der Waals surface area contributed by atoms with E-state index in [0.717, 1.165) is 41.2 Å². The van der Waals surface area contributed by atoms with Crippen molar-refractivity contribution < 1.29 is 9.47 Å². The molecule has 1 aromatic rings. The van der Waals surface area contributed by atoms with E-state index in [9.17, 15) is 0 Å². The van der Waals surface area contributed by atoms with Gasteiger partial charge in [-0.25, -0.2) is 0 Å². The molecule has 4 heteroatoms. The van der Waals surface area contributed by atoms with Crippen LogP contribution in [-0.2, 0) is 0 Å². The van der Waals surface area contributed by atoms with Crippen molar-refractivity contribution in [2.45, 2.75) is 57.0 Å². The summed E-state index contributed by atoms with van der Waals surface area (Å²) in [7, 11) is 0. The van der Waals surface area contributed by atoms with Crippen LogP contribution in [0.1, 0.15) is 44.9 Å². The van der Waals surface area contributed by atoms with E-state index in [4.69, 9.17) is 9.47 Å². The van der Waals surface area contributed by atoms with E-state index in [1.165, 1.54) is 57.3 Å². The highest BCUT2D eigenvalue weighted by Gasteiger charge is 2.50. The highest BCUT2D eigenvalue weighted by atomic mass is 16.7. The summed E-state index contributed by atoms with van der Waals surface area (Å²) in [6.45, 7) is 2.87. The third kappa shape index (κ3) is 2.60. The van der Waals surface area contributed by atoms with E-state index in [0.29, 0.717) is 12.8 Å². The maximum Gasteiger partial charge on any atom is 0.231 e. The molecule has 4 aliphatic carbocycles. The highest BCUT2D eigenvalue weighted by molar-refractivity contribution is 5.56. The Morgan fingerprint density at radius 2 is 1.69 bits per heavy atom. The number of anilines is 1. The van der Waals surface area contributed by atoms with Gasteiger partial charge in [-0.2, -0.15) is 0 Å². The molecule has 2 heterocycles. The zero-order valence-electron chi connectivity index (χ0n) is 15.5. The van der Waals surface area contributed by atoms with Crippen LogP contribution in [0.25, 0.3) is 0 Å². The zero-order chi connectivity index (χ0) is 17.1. The molecule has 7 rings (SSSR count). The summed E-state index contributed by atoms with van der Waals surface area (Å²) in [6, 6.07) is 7.70. The molecule has 2 aliphatic heterocycles. The lowest BCUT2D eigenvalue weighted by molar-refractivity contribution is -0.0710. The van der Waals surface area contributed by atoms with Gasteiger partial charge in [-0.15, -0.1) is 0 Å². The molecule has 0 aromatic heterocycles. The fraction of sp³-hybridized carbons (Fsp3) is 0.727. The van der Waals surface area contributed by atoms with E-state index in [2.05, 4.69) is 22.3 Å². The summed E-state index contributed by atoms with van der Waals surface area (Å²) < 4.78 is 11.0. The molecule has 1 N–H and O–H groups in total. The van der Waals surface area contributed by atoms with E-state index < -0.39 is 0 Å². The summed E-state index contributed by atoms with van der Waals surface area (Å²) in [5.74, 6) is 5.88. The molecule has 5 fully saturated rings. The molecule has 1 saturated heterocycles. The Kier molecular flexibility index (Phi) is 3.63. The Hall–Kier alpha value is -1.42. The van der Waals surface area contributed by atoms with Crippen molar-refractivity contribution in [1.29, 1.82) is 0 Å². The second-order valence-corrected chi connectivity index (χ2v) is 9.47. The van der Waals surface area contributed by atoms with Crippen molar-refractivity contribution in [3.8, 4) is 11.5 Å². The Bertz CT molecular complexity index is 663. The second-order valence-electron chi connectivity index (χ2n) is 9.47. The van der Waals surface area contributed by atoms with Crippen molar-refractivity contribution in [3.05, 3.63) is 18.2 Å². The molecular formula is C22H30N2O2. The molecule has 0 radical (unpaired) electrons. The van der Waals surface area contributed by atoms with E-state index >= 15 is 0 Å². The lowest BCUT2D eigenvalue weighted by Gasteiger charge is -2.58. The number of rotatable bonds is 3. The molecule has 0 spiro atoms. The fourth-order valence-corrected chi connectivity index (χ4v) is 7.11. The summed E-state index contributed by atoms with van der Waals surface area (Å²) >= 11 is 0. The van der Waals surface area contributed by atoms with E-state index in [1.54, 1.807) is 6.42 Å². The van der Waals surface area contributed by atoms with Gasteiger partial charge in [-0.3, -0.25) is 4.90 Å². The van der Waals surface area contributed by atoms with Crippen LogP contribution >= 0.6 is 0 Å². The number of fused-ring (bicyclic) bond motifs is 1. The number of hydrogen-bond acceptors (Lipinski definition) is 4. The van der Waals surface area contributed by atoms with Crippen molar-refractivity contribution in [2.75, 3.05) is 25.2 Å². The van der Waals surface area contributed by atoms with Gasteiger partial charge in [0.2, 0.25) is 6.79 Å². The van der Waals surface area contributed by atoms with Gasteiger partial charge in [0.25, 0.3) is 0 Å².